The molecule has 0 radical (unpaired) electrons. The van der Waals surface area contributed by atoms with E-state index in [1.54, 1.807) is 11.3 Å². The van der Waals surface area contributed by atoms with Crippen LogP contribution in [0.3, 0.4) is 0 Å². The van der Waals surface area contributed by atoms with Gasteiger partial charge in [-0.2, -0.15) is 0 Å². The highest BCUT2D eigenvalue weighted by atomic mass is 32.1. The highest BCUT2D eigenvalue weighted by molar-refractivity contribution is 7.81. The van der Waals surface area contributed by atoms with Crippen molar-refractivity contribution in [3.63, 3.8) is 0 Å². The smallest absolute Gasteiger partial charge is 0.116 e. The first-order valence-corrected chi connectivity index (χ1v) is 7.62. The molecule has 0 saturated heterocycles. The Balaban J connectivity index is 2.29. The molecule has 1 aliphatic rings. The van der Waals surface area contributed by atoms with Crippen LogP contribution >= 0.6 is 23.6 Å². The van der Waals surface area contributed by atoms with Gasteiger partial charge in [-0.3, -0.25) is 0 Å². The number of thiocarbonyl (C=S) groups is 1. The van der Waals surface area contributed by atoms with Gasteiger partial charge >= 0.3 is 0 Å². The van der Waals surface area contributed by atoms with Gasteiger partial charge in [0.05, 0.1) is 15.6 Å². The average molecular weight is 268 g/mol. The fraction of sp³-hybridized carbons (Fsp3) is 0.692. The minimum atomic E-state index is 0.403. The van der Waals surface area contributed by atoms with E-state index in [0.29, 0.717) is 16.8 Å². The van der Waals surface area contributed by atoms with Gasteiger partial charge in [0.15, 0.2) is 0 Å². The Bertz CT molecular complexity index is 404. The van der Waals surface area contributed by atoms with Gasteiger partial charge in [0.2, 0.25) is 0 Å². The zero-order chi connectivity index (χ0) is 12.4. The fourth-order valence-electron chi connectivity index (χ4n) is 2.44. The molecule has 1 saturated carbocycles. The number of rotatable bonds is 3. The predicted molar refractivity (Wildman–Crippen MR) is 77.9 cm³/mol. The number of thiazole rings is 1. The third kappa shape index (κ3) is 2.86. The molecule has 0 bridgehead atoms. The van der Waals surface area contributed by atoms with Crippen LogP contribution in [-0.2, 0) is 0 Å². The summed E-state index contributed by atoms with van der Waals surface area (Å²) in [6.45, 7) is 4.31. The molecule has 17 heavy (non-hydrogen) atoms. The average Bonchev–Trinajstić information content (AvgIpc) is 2.75. The molecule has 0 spiro atoms. The summed E-state index contributed by atoms with van der Waals surface area (Å²) in [6.07, 6.45) is 6.61. The summed E-state index contributed by atoms with van der Waals surface area (Å²) in [5, 5.41) is 1.26. The standard InChI is InChI=1S/C13H20N2S2/c1-8(2)10-11(12(14)16)17-13(15-10)9-6-4-3-5-7-9/h8-9H,3-7H2,1-2H3,(H2,14,16). The van der Waals surface area contributed by atoms with Crippen LogP contribution in [0.2, 0.25) is 0 Å². The quantitative estimate of drug-likeness (QED) is 0.844. The maximum atomic E-state index is 5.80. The van der Waals surface area contributed by atoms with E-state index in [9.17, 15) is 0 Å². The van der Waals surface area contributed by atoms with Gasteiger partial charge in [0.25, 0.3) is 0 Å². The Kier molecular flexibility index (Phi) is 4.15. The molecule has 0 aromatic carbocycles. The van der Waals surface area contributed by atoms with Gasteiger partial charge in [-0.15, -0.1) is 11.3 Å². The van der Waals surface area contributed by atoms with Crippen molar-refractivity contribution in [1.82, 2.24) is 4.98 Å². The highest BCUT2D eigenvalue weighted by Crippen LogP contribution is 2.37. The summed E-state index contributed by atoms with van der Waals surface area (Å²) in [6, 6.07) is 0. The molecule has 1 heterocycles. The minimum Gasteiger partial charge on any atom is -0.389 e. The first-order valence-electron chi connectivity index (χ1n) is 6.40. The minimum absolute atomic E-state index is 0.403. The van der Waals surface area contributed by atoms with Gasteiger partial charge in [-0.1, -0.05) is 45.3 Å². The first kappa shape index (κ1) is 13.0. The maximum absolute atomic E-state index is 5.80. The predicted octanol–water partition coefficient (Wildman–Crippen LogP) is 3.95. The van der Waals surface area contributed by atoms with E-state index in [-0.39, 0.29) is 0 Å². The van der Waals surface area contributed by atoms with E-state index >= 15 is 0 Å². The van der Waals surface area contributed by atoms with Crippen molar-refractivity contribution in [2.75, 3.05) is 0 Å². The molecular weight excluding hydrogens is 248 g/mol. The second kappa shape index (κ2) is 5.44. The van der Waals surface area contributed by atoms with E-state index in [0.717, 1.165) is 10.6 Å². The van der Waals surface area contributed by atoms with Gasteiger partial charge in [-0.25, -0.2) is 4.98 Å². The van der Waals surface area contributed by atoms with Crippen molar-refractivity contribution < 1.29 is 0 Å². The van der Waals surface area contributed by atoms with E-state index in [2.05, 4.69) is 13.8 Å². The normalized spacial score (nSPS) is 17.6. The van der Waals surface area contributed by atoms with Gasteiger partial charge in [0, 0.05) is 5.92 Å². The molecule has 1 aromatic rings. The summed E-state index contributed by atoms with van der Waals surface area (Å²) in [5.41, 5.74) is 6.90. The molecule has 1 fully saturated rings. The maximum Gasteiger partial charge on any atom is 0.116 e. The Morgan fingerprint density at radius 3 is 2.47 bits per heavy atom. The molecule has 1 aromatic heterocycles. The van der Waals surface area contributed by atoms with Crippen LogP contribution < -0.4 is 5.73 Å². The zero-order valence-electron chi connectivity index (χ0n) is 10.5. The van der Waals surface area contributed by atoms with Gasteiger partial charge < -0.3 is 5.73 Å². The molecule has 0 aliphatic heterocycles. The van der Waals surface area contributed by atoms with Crippen LogP contribution in [0.4, 0.5) is 0 Å². The molecule has 2 nitrogen and oxygen atoms in total. The molecule has 2 N–H and O–H groups in total. The second-order valence-corrected chi connectivity index (χ2v) is 6.59. The SMILES string of the molecule is CC(C)c1nc(C2CCCCC2)sc1C(N)=S. The van der Waals surface area contributed by atoms with Crippen molar-refractivity contribution in [2.45, 2.75) is 57.8 Å². The molecule has 4 heteroatoms. The lowest BCUT2D eigenvalue weighted by Gasteiger charge is -2.18. The summed E-state index contributed by atoms with van der Waals surface area (Å²) in [5.74, 6) is 1.05. The lowest BCUT2D eigenvalue weighted by molar-refractivity contribution is 0.441. The van der Waals surface area contributed by atoms with E-state index < -0.39 is 0 Å². The lowest BCUT2D eigenvalue weighted by atomic mass is 9.90. The third-order valence-electron chi connectivity index (χ3n) is 3.39. The van der Waals surface area contributed by atoms with Crippen molar-refractivity contribution in [3.8, 4) is 0 Å². The van der Waals surface area contributed by atoms with Crippen molar-refractivity contribution in [2.24, 2.45) is 5.73 Å². The Morgan fingerprint density at radius 2 is 2.00 bits per heavy atom. The van der Waals surface area contributed by atoms with Crippen molar-refractivity contribution in [3.05, 3.63) is 15.6 Å². The van der Waals surface area contributed by atoms with Gasteiger partial charge in [0.1, 0.15) is 4.99 Å². The first-order chi connectivity index (χ1) is 8.09. The number of hydrogen-bond donors (Lipinski definition) is 1. The monoisotopic (exact) mass is 268 g/mol. The number of aromatic nitrogens is 1. The highest BCUT2D eigenvalue weighted by Gasteiger charge is 2.23. The lowest BCUT2D eigenvalue weighted by Crippen LogP contribution is -2.10. The third-order valence-corrected chi connectivity index (χ3v) is 5.00. The summed E-state index contributed by atoms with van der Waals surface area (Å²) in [4.78, 5) is 6.35. The molecular formula is C13H20N2S2. The van der Waals surface area contributed by atoms with E-state index in [4.69, 9.17) is 22.9 Å². The van der Waals surface area contributed by atoms with Crippen LogP contribution in [0.25, 0.3) is 0 Å². The second-order valence-electron chi connectivity index (χ2n) is 5.12. The van der Waals surface area contributed by atoms with E-state index in [1.807, 2.05) is 0 Å². The topological polar surface area (TPSA) is 38.9 Å². The number of hydrogen-bond acceptors (Lipinski definition) is 3. The molecule has 1 aliphatic carbocycles. The molecule has 0 atom stereocenters. The molecule has 0 unspecified atom stereocenters. The van der Waals surface area contributed by atoms with Gasteiger partial charge in [-0.05, 0) is 18.8 Å². The Hall–Kier alpha value is -0.480. The van der Waals surface area contributed by atoms with Crippen LogP contribution in [0.15, 0.2) is 0 Å². The fourth-order valence-corrected chi connectivity index (χ4v) is 3.91. The molecule has 0 amide bonds. The summed E-state index contributed by atoms with van der Waals surface area (Å²) < 4.78 is 0. The summed E-state index contributed by atoms with van der Waals surface area (Å²) in [7, 11) is 0. The Labute approximate surface area is 113 Å². The van der Waals surface area contributed by atoms with Crippen LogP contribution in [0.1, 0.15) is 73.4 Å². The number of nitrogens with two attached hydrogens (primary N) is 1. The molecule has 94 valence electrons. The van der Waals surface area contributed by atoms with Crippen LogP contribution in [0, 0.1) is 0 Å². The Morgan fingerprint density at radius 1 is 1.35 bits per heavy atom. The largest absolute Gasteiger partial charge is 0.389 e. The van der Waals surface area contributed by atoms with Crippen molar-refractivity contribution >= 4 is 28.5 Å². The van der Waals surface area contributed by atoms with Crippen LogP contribution in [-0.4, -0.2) is 9.97 Å². The van der Waals surface area contributed by atoms with Crippen molar-refractivity contribution in [1.29, 1.82) is 0 Å². The molecule has 2 rings (SSSR count). The number of nitrogens with zero attached hydrogens (tertiary/aromatic N) is 1. The summed E-state index contributed by atoms with van der Waals surface area (Å²) >= 11 is 6.86. The van der Waals surface area contributed by atoms with E-state index in [1.165, 1.54) is 37.1 Å². The zero-order valence-corrected chi connectivity index (χ0v) is 12.2. The van der Waals surface area contributed by atoms with Crippen LogP contribution in [0.5, 0.6) is 0 Å².